The quantitative estimate of drug-likeness (QED) is 0.0847. The maximum absolute atomic E-state index is 15.2. The van der Waals surface area contributed by atoms with E-state index in [1.807, 2.05) is 48.5 Å². The molecule has 478 valence electrons. The van der Waals surface area contributed by atoms with Gasteiger partial charge in [0, 0.05) is 61.3 Å². The number of benzene rings is 3. The maximum atomic E-state index is 15.2. The summed E-state index contributed by atoms with van der Waals surface area (Å²) in [7, 11) is 0. The van der Waals surface area contributed by atoms with E-state index in [1.165, 1.54) is 6.92 Å². The number of ether oxygens (including phenoxy) is 13. The number of carbonyl (C=O) groups is 11. The van der Waals surface area contributed by atoms with Crippen LogP contribution in [-0.2, 0) is 116 Å². The summed E-state index contributed by atoms with van der Waals surface area (Å²) in [6.45, 7) is 11.8. The number of rotatable bonds is 24. The summed E-state index contributed by atoms with van der Waals surface area (Å²) in [4.78, 5) is 147. The summed E-state index contributed by atoms with van der Waals surface area (Å²) in [5, 5.41) is 7.73. The fraction of sp³-hybridized carbons (Fsp3) is 0.525. The summed E-state index contributed by atoms with van der Waals surface area (Å²) in [5.74, 6) is -13.2. The first kappa shape index (κ1) is 68.6. The van der Waals surface area contributed by atoms with Crippen molar-refractivity contribution in [2.75, 3.05) is 19.8 Å². The zero-order chi connectivity index (χ0) is 64.8. The molecule has 2 saturated heterocycles. The predicted octanol–water partition coefficient (Wildman–Crippen LogP) is 3.84. The second kappa shape index (κ2) is 30.4. The van der Waals surface area contributed by atoms with Gasteiger partial charge >= 0.3 is 53.8 Å². The van der Waals surface area contributed by atoms with Gasteiger partial charge in [0.2, 0.25) is 11.8 Å². The van der Waals surface area contributed by atoms with Crippen LogP contribution in [0.4, 0.5) is 4.79 Å². The third-order valence-electron chi connectivity index (χ3n) is 13.7. The highest BCUT2D eigenvalue weighted by atomic mass is 16.8. The average molecular weight is 1230 g/mol. The lowest BCUT2D eigenvalue weighted by Gasteiger charge is -2.50. The van der Waals surface area contributed by atoms with Crippen LogP contribution in [0, 0.1) is 0 Å². The predicted molar refractivity (Wildman–Crippen MR) is 301 cm³/mol. The van der Waals surface area contributed by atoms with Crippen LogP contribution in [0.15, 0.2) is 78.9 Å². The van der Waals surface area contributed by atoms with Crippen LogP contribution in [0.5, 0.6) is 0 Å². The van der Waals surface area contributed by atoms with E-state index in [9.17, 15) is 47.9 Å². The first-order chi connectivity index (χ1) is 41.4. The molecule has 13 atom stereocenters. The minimum absolute atomic E-state index is 0.164. The van der Waals surface area contributed by atoms with Crippen LogP contribution in [-0.4, -0.2) is 170 Å². The second-order valence-corrected chi connectivity index (χ2v) is 22.1. The minimum atomic E-state index is -2.93. The van der Waals surface area contributed by atoms with Gasteiger partial charge in [0.15, 0.2) is 36.7 Å². The molecule has 27 heteroatoms. The number of amides is 3. The molecule has 2 fully saturated rings. The van der Waals surface area contributed by atoms with Crippen molar-refractivity contribution in [1.29, 1.82) is 0 Å². The Morgan fingerprint density at radius 3 is 1.73 bits per heavy atom. The zero-order valence-corrected chi connectivity index (χ0v) is 50.8. The zero-order valence-electron chi connectivity index (χ0n) is 50.8. The fourth-order valence-electron chi connectivity index (χ4n) is 10.4. The van der Waals surface area contributed by atoms with E-state index < -0.39 is 177 Å². The van der Waals surface area contributed by atoms with Crippen LogP contribution >= 0.6 is 0 Å². The lowest BCUT2D eigenvalue weighted by atomic mass is 9.87. The van der Waals surface area contributed by atoms with Gasteiger partial charge in [-0.25, -0.2) is 14.4 Å². The monoisotopic (exact) mass is 1230 g/mol. The number of carbonyl (C=O) groups excluding carboxylic acids is 11. The number of esters is 8. The number of nitrogens with one attached hydrogen (secondary N) is 3. The Hall–Kier alpha value is -8.53. The van der Waals surface area contributed by atoms with Gasteiger partial charge in [0.25, 0.3) is 5.79 Å². The normalized spacial score (nSPS) is 23.5. The molecule has 0 spiro atoms. The van der Waals surface area contributed by atoms with Crippen molar-refractivity contribution in [2.45, 2.75) is 187 Å². The van der Waals surface area contributed by atoms with Crippen LogP contribution in [0.1, 0.15) is 112 Å². The van der Waals surface area contributed by atoms with Crippen molar-refractivity contribution in [3.8, 4) is 11.1 Å². The summed E-state index contributed by atoms with van der Waals surface area (Å²) >= 11 is 0. The summed E-state index contributed by atoms with van der Waals surface area (Å²) in [6.07, 6.45) is -18.2. The van der Waals surface area contributed by atoms with E-state index in [1.54, 1.807) is 51.1 Å². The molecule has 0 saturated carbocycles. The van der Waals surface area contributed by atoms with Crippen molar-refractivity contribution >= 4 is 65.7 Å². The third kappa shape index (κ3) is 18.7. The molecule has 0 bridgehead atoms. The molecule has 3 N–H and O–H groups in total. The first-order valence-electron chi connectivity index (χ1n) is 28.2. The molecule has 3 aromatic carbocycles. The number of alkyl carbamates (subject to hydrolysis) is 1. The average Bonchev–Trinajstić information content (AvgIpc) is 1.15. The minimum Gasteiger partial charge on any atom is -0.462 e. The SMILES string of the molecule is CC(=O)NC1C(OC(C)=O)CC(OCC2OC(OC(C)C(NC(=O)OCC3c4ccccc4-c4ccccc43)C(=O)OC(C)(C)C)C(NC(C)=O)C(OC(C)=O)C2OC(C)=O)(C(=O)OCc2ccccc2)OC1C(OC(C)=O)C(COC(C)=O)OC(C)=O. The first-order valence-corrected chi connectivity index (χ1v) is 28.2. The van der Waals surface area contributed by atoms with Crippen LogP contribution in [0.3, 0.4) is 0 Å². The molecule has 0 aromatic heterocycles. The molecule has 1 aliphatic carbocycles. The fourth-order valence-corrected chi connectivity index (χ4v) is 10.4. The van der Waals surface area contributed by atoms with E-state index in [-0.39, 0.29) is 12.5 Å². The maximum Gasteiger partial charge on any atom is 0.407 e. The van der Waals surface area contributed by atoms with Gasteiger partial charge < -0.3 is 77.5 Å². The Kier molecular flexibility index (Phi) is 23.7. The van der Waals surface area contributed by atoms with E-state index >= 15 is 4.79 Å². The van der Waals surface area contributed by atoms with Gasteiger partial charge in [0.05, 0.1) is 25.2 Å². The highest BCUT2D eigenvalue weighted by Gasteiger charge is 2.61. The molecular formula is C61H75N3O24. The van der Waals surface area contributed by atoms with E-state index in [0.717, 1.165) is 77.6 Å². The molecule has 3 aromatic rings. The summed E-state index contributed by atoms with van der Waals surface area (Å²) in [5.41, 5.74) is 3.02. The molecule has 6 rings (SSSR count). The van der Waals surface area contributed by atoms with Crippen LogP contribution in [0.2, 0.25) is 0 Å². The molecule has 88 heavy (non-hydrogen) atoms. The lowest BCUT2D eigenvalue weighted by Crippen LogP contribution is -2.70. The van der Waals surface area contributed by atoms with Crippen LogP contribution in [0.25, 0.3) is 11.1 Å². The standard InChI is InChI=1S/C61H75N3O24/c1-31(49(56(73)88-60(10,11)12)64-59(75)78-28-45-43-24-18-16-22-41(43)42-23-17-19-25-44(42)45)80-57-51(63-33(3)66)54(85-39(9)72)52(83-37(7)70)48(86-57)30-79-61(58(74)77-27-40-20-14-13-15-21-40)26-46(81-35(5)68)50(62-32(2)65)55(87-61)53(84-38(8)71)47(82-36(6)69)29-76-34(4)67/h13-25,31,45-55,57H,26-30H2,1-12H3,(H,62,65)(H,63,66)(H,64,75). The van der Waals surface area contributed by atoms with Crippen LogP contribution < -0.4 is 16.0 Å². The molecule has 13 unspecified atom stereocenters. The summed E-state index contributed by atoms with van der Waals surface area (Å²) < 4.78 is 77.4. The Balaban J connectivity index is 1.44. The van der Waals surface area contributed by atoms with E-state index in [4.69, 9.17) is 61.6 Å². The summed E-state index contributed by atoms with van der Waals surface area (Å²) in [6, 6.07) is 18.5. The smallest absolute Gasteiger partial charge is 0.407 e. The lowest BCUT2D eigenvalue weighted by molar-refractivity contribution is -0.335. The molecule has 3 aliphatic rings. The number of hydrogen-bond donors (Lipinski definition) is 3. The molecule has 3 amide bonds. The van der Waals surface area contributed by atoms with Crippen molar-refractivity contribution < 1.29 is 114 Å². The van der Waals surface area contributed by atoms with Gasteiger partial charge in [-0.05, 0) is 55.5 Å². The Morgan fingerprint density at radius 2 is 1.18 bits per heavy atom. The molecule has 27 nitrogen and oxygen atoms in total. The molecule has 0 radical (unpaired) electrons. The molecule has 2 heterocycles. The Morgan fingerprint density at radius 1 is 0.625 bits per heavy atom. The molecule has 2 aliphatic heterocycles. The van der Waals surface area contributed by atoms with Gasteiger partial charge in [-0.1, -0.05) is 78.9 Å². The third-order valence-corrected chi connectivity index (χ3v) is 13.7. The van der Waals surface area contributed by atoms with Crippen molar-refractivity contribution in [1.82, 2.24) is 16.0 Å². The Bertz CT molecular complexity index is 2990. The number of hydrogen-bond acceptors (Lipinski definition) is 24. The number of fused-ring (bicyclic) bond motifs is 3. The van der Waals surface area contributed by atoms with Gasteiger partial charge in [-0.3, -0.25) is 38.4 Å². The van der Waals surface area contributed by atoms with Crippen molar-refractivity contribution in [2.24, 2.45) is 0 Å². The topological polar surface area (TPSA) is 344 Å². The van der Waals surface area contributed by atoms with E-state index in [2.05, 4.69) is 16.0 Å². The van der Waals surface area contributed by atoms with Gasteiger partial charge in [0.1, 0.15) is 49.8 Å². The van der Waals surface area contributed by atoms with Gasteiger partial charge in [-0.2, -0.15) is 0 Å². The van der Waals surface area contributed by atoms with Crippen molar-refractivity contribution in [3.05, 3.63) is 95.6 Å². The van der Waals surface area contributed by atoms with Crippen molar-refractivity contribution in [3.63, 3.8) is 0 Å². The highest BCUT2D eigenvalue weighted by Crippen LogP contribution is 2.45. The Labute approximate surface area is 507 Å². The van der Waals surface area contributed by atoms with E-state index in [0.29, 0.717) is 5.56 Å². The second-order valence-electron chi connectivity index (χ2n) is 22.1. The largest absolute Gasteiger partial charge is 0.462 e. The van der Waals surface area contributed by atoms with Gasteiger partial charge in [-0.15, -0.1) is 0 Å². The highest BCUT2D eigenvalue weighted by molar-refractivity contribution is 5.83. The molecular weight excluding hydrogens is 1160 g/mol.